The standard InChI is InChI=1S/C23H30N4O4S/c1-3-25(4-2)22(29)16-31-19-13-26(11-10-18-8-6-5-7-9-18)21(28)15-27(14-19)23(30)20-12-24-17-32-20/h5-9,12,17,19H,3-4,10-11,13-16H2,1-2H3. The van der Waals surface area contributed by atoms with Crippen LogP contribution in [0.25, 0.3) is 0 Å². The van der Waals surface area contributed by atoms with Crippen molar-refractivity contribution in [1.29, 1.82) is 0 Å². The van der Waals surface area contributed by atoms with E-state index in [0.717, 1.165) is 5.56 Å². The molecule has 8 nitrogen and oxygen atoms in total. The minimum Gasteiger partial charge on any atom is -0.365 e. The maximum atomic E-state index is 13.0. The Hall–Kier alpha value is -2.78. The molecule has 1 atom stereocenters. The Morgan fingerprint density at radius 2 is 1.94 bits per heavy atom. The number of ether oxygens (including phenoxy) is 1. The molecule has 1 aliphatic rings. The number of amides is 3. The zero-order valence-corrected chi connectivity index (χ0v) is 19.4. The van der Waals surface area contributed by atoms with Crippen LogP contribution in [-0.4, -0.2) is 89.4 Å². The lowest BCUT2D eigenvalue weighted by Gasteiger charge is -2.26. The first kappa shape index (κ1) is 23.9. The molecule has 1 fully saturated rings. The van der Waals surface area contributed by atoms with Crippen LogP contribution in [0.5, 0.6) is 0 Å². The zero-order valence-electron chi connectivity index (χ0n) is 18.6. The van der Waals surface area contributed by atoms with Crippen LogP contribution in [0, 0.1) is 0 Å². The molecular formula is C23H30N4O4S. The summed E-state index contributed by atoms with van der Waals surface area (Å²) in [6.07, 6.45) is 1.77. The van der Waals surface area contributed by atoms with Crippen molar-refractivity contribution in [3.8, 4) is 0 Å². The number of benzene rings is 1. The molecule has 0 saturated carbocycles. The van der Waals surface area contributed by atoms with E-state index >= 15 is 0 Å². The first-order valence-electron chi connectivity index (χ1n) is 10.9. The Balaban J connectivity index is 1.71. The highest BCUT2D eigenvalue weighted by Crippen LogP contribution is 2.15. The van der Waals surface area contributed by atoms with Crippen LogP contribution in [0.4, 0.5) is 0 Å². The molecule has 172 valence electrons. The predicted molar refractivity (Wildman–Crippen MR) is 122 cm³/mol. The fourth-order valence-electron chi connectivity index (χ4n) is 3.70. The van der Waals surface area contributed by atoms with Gasteiger partial charge in [0.1, 0.15) is 18.0 Å². The summed E-state index contributed by atoms with van der Waals surface area (Å²) in [5.74, 6) is -0.462. The summed E-state index contributed by atoms with van der Waals surface area (Å²) in [7, 11) is 0. The van der Waals surface area contributed by atoms with E-state index in [9.17, 15) is 14.4 Å². The van der Waals surface area contributed by atoms with Crippen molar-refractivity contribution in [3.05, 3.63) is 52.5 Å². The van der Waals surface area contributed by atoms with Crippen molar-refractivity contribution >= 4 is 29.1 Å². The van der Waals surface area contributed by atoms with Gasteiger partial charge in [0.05, 0.1) is 17.8 Å². The van der Waals surface area contributed by atoms with E-state index in [0.29, 0.717) is 37.5 Å². The van der Waals surface area contributed by atoms with Crippen LogP contribution in [0.2, 0.25) is 0 Å². The van der Waals surface area contributed by atoms with Crippen LogP contribution >= 0.6 is 11.3 Å². The number of aromatic nitrogens is 1. The largest absolute Gasteiger partial charge is 0.365 e. The van der Waals surface area contributed by atoms with Gasteiger partial charge in [0.15, 0.2) is 0 Å². The molecule has 1 aromatic carbocycles. The molecule has 0 aliphatic carbocycles. The summed E-state index contributed by atoms with van der Waals surface area (Å²) >= 11 is 1.24. The van der Waals surface area contributed by atoms with E-state index in [1.54, 1.807) is 15.3 Å². The Kier molecular flexibility index (Phi) is 8.75. The lowest BCUT2D eigenvalue weighted by molar-refractivity contribution is -0.138. The van der Waals surface area contributed by atoms with E-state index in [-0.39, 0.29) is 37.4 Å². The Morgan fingerprint density at radius 3 is 2.59 bits per heavy atom. The summed E-state index contributed by atoms with van der Waals surface area (Å²) in [5, 5.41) is 0. The first-order valence-corrected chi connectivity index (χ1v) is 11.8. The van der Waals surface area contributed by atoms with Crippen LogP contribution in [0.15, 0.2) is 42.0 Å². The Labute approximate surface area is 192 Å². The summed E-state index contributed by atoms with van der Waals surface area (Å²) in [6.45, 7) is 6.08. The van der Waals surface area contributed by atoms with Gasteiger partial charge in [-0.2, -0.15) is 0 Å². The molecule has 0 radical (unpaired) electrons. The smallest absolute Gasteiger partial charge is 0.266 e. The van der Waals surface area contributed by atoms with Crippen molar-refractivity contribution in [2.75, 3.05) is 45.9 Å². The van der Waals surface area contributed by atoms with Gasteiger partial charge >= 0.3 is 0 Å². The molecule has 0 N–H and O–H groups in total. The minimum absolute atomic E-state index is 0.0185. The maximum absolute atomic E-state index is 13.0. The molecule has 1 aromatic heterocycles. The third-order valence-corrected chi connectivity index (χ3v) is 6.29. The van der Waals surface area contributed by atoms with Crippen molar-refractivity contribution in [1.82, 2.24) is 19.7 Å². The van der Waals surface area contributed by atoms with E-state index in [1.807, 2.05) is 44.2 Å². The molecule has 32 heavy (non-hydrogen) atoms. The molecular weight excluding hydrogens is 428 g/mol. The van der Waals surface area contributed by atoms with Crippen LogP contribution < -0.4 is 0 Å². The van der Waals surface area contributed by atoms with Gasteiger partial charge < -0.3 is 19.4 Å². The van der Waals surface area contributed by atoms with Gasteiger partial charge in [-0.05, 0) is 25.8 Å². The predicted octanol–water partition coefficient (Wildman–Crippen LogP) is 1.92. The van der Waals surface area contributed by atoms with Gasteiger partial charge in [-0.1, -0.05) is 30.3 Å². The number of carbonyl (C=O) groups excluding carboxylic acids is 3. The molecule has 3 amide bonds. The second kappa shape index (κ2) is 11.7. The van der Waals surface area contributed by atoms with Crippen molar-refractivity contribution in [2.24, 2.45) is 0 Å². The summed E-state index contributed by atoms with van der Waals surface area (Å²) < 4.78 is 5.95. The van der Waals surface area contributed by atoms with Crippen molar-refractivity contribution < 1.29 is 19.1 Å². The first-order chi connectivity index (χ1) is 15.5. The van der Waals surface area contributed by atoms with Gasteiger partial charge in [-0.25, -0.2) is 0 Å². The normalized spacial score (nSPS) is 16.7. The molecule has 0 bridgehead atoms. The SMILES string of the molecule is CCN(CC)C(=O)COC1CN(CCc2ccccc2)C(=O)CN(C(=O)c2cncs2)C1. The molecule has 0 spiro atoms. The van der Waals surface area contributed by atoms with Crippen molar-refractivity contribution in [2.45, 2.75) is 26.4 Å². The number of nitrogens with zero attached hydrogens (tertiary/aromatic N) is 4. The summed E-state index contributed by atoms with van der Waals surface area (Å²) in [5.41, 5.74) is 2.73. The second-order valence-electron chi connectivity index (χ2n) is 7.63. The number of thiazole rings is 1. The third-order valence-electron chi connectivity index (χ3n) is 5.53. The third kappa shape index (κ3) is 6.37. The Morgan fingerprint density at radius 1 is 1.19 bits per heavy atom. The average molecular weight is 459 g/mol. The van der Waals surface area contributed by atoms with Crippen LogP contribution in [0.3, 0.4) is 0 Å². The lowest BCUT2D eigenvalue weighted by atomic mass is 10.1. The number of rotatable bonds is 9. The number of hydrogen-bond donors (Lipinski definition) is 0. The molecule has 2 aromatic rings. The average Bonchev–Trinajstić information content (AvgIpc) is 3.29. The summed E-state index contributed by atoms with van der Waals surface area (Å²) in [6, 6.07) is 9.96. The molecule has 3 rings (SSSR count). The number of likely N-dealkylation sites (N-methyl/N-ethyl adjacent to an activating group) is 1. The van der Waals surface area contributed by atoms with Crippen LogP contribution in [0.1, 0.15) is 29.1 Å². The highest BCUT2D eigenvalue weighted by atomic mass is 32.1. The minimum atomic E-state index is -0.450. The molecule has 2 heterocycles. The molecule has 1 saturated heterocycles. The van der Waals surface area contributed by atoms with Gasteiger partial charge in [0.2, 0.25) is 11.8 Å². The monoisotopic (exact) mass is 458 g/mol. The fraction of sp³-hybridized carbons (Fsp3) is 0.478. The van der Waals surface area contributed by atoms with Gasteiger partial charge in [-0.3, -0.25) is 19.4 Å². The summed E-state index contributed by atoms with van der Waals surface area (Å²) in [4.78, 5) is 47.7. The lowest BCUT2D eigenvalue weighted by Crippen LogP contribution is -2.41. The van der Waals surface area contributed by atoms with Gasteiger partial charge in [0.25, 0.3) is 5.91 Å². The molecule has 1 unspecified atom stereocenters. The molecule has 9 heteroatoms. The number of carbonyl (C=O) groups is 3. The second-order valence-corrected chi connectivity index (χ2v) is 8.51. The van der Waals surface area contributed by atoms with Crippen molar-refractivity contribution in [3.63, 3.8) is 0 Å². The topological polar surface area (TPSA) is 83.0 Å². The fourth-order valence-corrected chi connectivity index (χ4v) is 4.28. The highest BCUT2D eigenvalue weighted by Gasteiger charge is 2.32. The molecule has 1 aliphatic heterocycles. The van der Waals surface area contributed by atoms with E-state index in [1.165, 1.54) is 22.4 Å². The quantitative estimate of drug-likeness (QED) is 0.573. The maximum Gasteiger partial charge on any atom is 0.266 e. The van der Waals surface area contributed by atoms with Crippen LogP contribution in [-0.2, 0) is 20.7 Å². The van der Waals surface area contributed by atoms with E-state index < -0.39 is 6.10 Å². The number of hydrogen-bond acceptors (Lipinski definition) is 6. The zero-order chi connectivity index (χ0) is 22.9. The highest BCUT2D eigenvalue weighted by molar-refractivity contribution is 7.11. The van der Waals surface area contributed by atoms with Gasteiger partial charge in [-0.15, -0.1) is 11.3 Å². The Bertz CT molecular complexity index is 887. The van der Waals surface area contributed by atoms with E-state index in [2.05, 4.69) is 4.98 Å². The van der Waals surface area contributed by atoms with Gasteiger partial charge in [0, 0.05) is 32.7 Å². The van der Waals surface area contributed by atoms with E-state index in [4.69, 9.17) is 4.74 Å².